The van der Waals surface area contributed by atoms with Crippen molar-refractivity contribution in [2.24, 2.45) is 0 Å². The van der Waals surface area contributed by atoms with Gasteiger partial charge in [0, 0.05) is 29.1 Å². The molecule has 4 heterocycles. The Kier molecular flexibility index (Phi) is 4.39. The maximum atomic E-state index is 13.2. The van der Waals surface area contributed by atoms with Crippen LogP contribution in [0.25, 0.3) is 22.3 Å². The Bertz CT molecular complexity index is 1310. The summed E-state index contributed by atoms with van der Waals surface area (Å²) < 4.78 is 6.59. The highest BCUT2D eigenvalue weighted by Crippen LogP contribution is 2.39. The largest absolute Gasteiger partial charge is 0.508 e. The number of benzene rings is 1. The molecule has 0 saturated carbocycles. The van der Waals surface area contributed by atoms with Gasteiger partial charge in [0.2, 0.25) is 0 Å². The zero-order chi connectivity index (χ0) is 22.0. The highest BCUT2D eigenvalue weighted by molar-refractivity contribution is 5.89. The Morgan fingerprint density at radius 1 is 1.26 bits per heavy atom. The number of fused-ring (bicyclic) bond motifs is 5. The minimum atomic E-state index is -1.48. The predicted molar refractivity (Wildman–Crippen MR) is 114 cm³/mol. The van der Waals surface area contributed by atoms with E-state index in [4.69, 9.17) is 9.72 Å². The Balaban J connectivity index is 1.77. The lowest BCUT2D eigenvalue weighted by atomic mass is 9.98. The number of ether oxygens (including phenoxy) is 1. The number of aliphatic hydroxyl groups is 1. The van der Waals surface area contributed by atoms with E-state index in [1.807, 2.05) is 7.05 Å². The third-order valence-corrected chi connectivity index (χ3v) is 6.35. The molecule has 2 N–H and O–H groups in total. The minimum absolute atomic E-state index is 0.146. The number of carbonyl (C=O) groups excluding carboxylic acids is 1. The number of carbonyl (C=O) groups is 1. The molecule has 160 valence electrons. The normalized spacial score (nSPS) is 17.1. The molecule has 8 heteroatoms. The summed E-state index contributed by atoms with van der Waals surface area (Å²) in [5, 5.41) is 21.2. The summed E-state index contributed by atoms with van der Waals surface area (Å²) in [4.78, 5) is 32.0. The van der Waals surface area contributed by atoms with Crippen LogP contribution in [0.2, 0.25) is 0 Å². The predicted octanol–water partition coefficient (Wildman–Crippen LogP) is 2.06. The number of hydrogen-bond donors (Lipinski definition) is 2. The second kappa shape index (κ2) is 6.90. The lowest BCUT2D eigenvalue weighted by molar-refractivity contribution is -0.157. The Morgan fingerprint density at radius 3 is 2.77 bits per heavy atom. The van der Waals surface area contributed by atoms with E-state index in [1.165, 1.54) is 0 Å². The molecule has 0 aliphatic carbocycles. The van der Waals surface area contributed by atoms with Gasteiger partial charge in [0.25, 0.3) is 5.56 Å². The van der Waals surface area contributed by atoms with Crippen molar-refractivity contribution in [1.82, 2.24) is 14.5 Å². The van der Waals surface area contributed by atoms with Crippen molar-refractivity contribution in [2.75, 3.05) is 7.05 Å². The molecule has 31 heavy (non-hydrogen) atoms. The highest BCUT2D eigenvalue weighted by atomic mass is 16.5. The first-order chi connectivity index (χ1) is 14.8. The van der Waals surface area contributed by atoms with Gasteiger partial charge >= 0.3 is 5.97 Å². The monoisotopic (exact) mass is 421 g/mol. The molecule has 0 spiro atoms. The van der Waals surface area contributed by atoms with Gasteiger partial charge in [0.15, 0.2) is 6.10 Å². The van der Waals surface area contributed by atoms with Crippen molar-refractivity contribution < 1.29 is 19.7 Å². The second-order valence-corrected chi connectivity index (χ2v) is 8.49. The highest BCUT2D eigenvalue weighted by Gasteiger charge is 2.34. The summed E-state index contributed by atoms with van der Waals surface area (Å²) in [5.74, 6) is -0.596. The lowest BCUT2D eigenvalue weighted by Crippen LogP contribution is -2.32. The van der Waals surface area contributed by atoms with Gasteiger partial charge in [0.05, 0.1) is 29.0 Å². The Hall–Kier alpha value is -3.23. The summed E-state index contributed by atoms with van der Waals surface area (Å²) in [6.07, 6.45) is -1.48. The molecule has 1 aromatic carbocycles. The van der Waals surface area contributed by atoms with E-state index in [2.05, 4.69) is 18.7 Å². The van der Waals surface area contributed by atoms with Gasteiger partial charge in [-0.2, -0.15) is 0 Å². The van der Waals surface area contributed by atoms with E-state index < -0.39 is 12.1 Å². The second-order valence-electron chi connectivity index (χ2n) is 8.49. The van der Waals surface area contributed by atoms with Crippen LogP contribution in [0.5, 0.6) is 5.75 Å². The molecule has 0 saturated heterocycles. The first-order valence-electron chi connectivity index (χ1n) is 10.2. The molecular weight excluding hydrogens is 398 g/mol. The fraction of sp³-hybridized carbons (Fsp3) is 0.348. The van der Waals surface area contributed by atoms with Gasteiger partial charge < -0.3 is 19.5 Å². The van der Waals surface area contributed by atoms with E-state index in [-0.39, 0.29) is 23.5 Å². The third kappa shape index (κ3) is 2.94. The van der Waals surface area contributed by atoms with Crippen LogP contribution in [0.1, 0.15) is 42.2 Å². The molecule has 0 radical (unpaired) electrons. The van der Waals surface area contributed by atoms with E-state index in [0.717, 1.165) is 16.5 Å². The van der Waals surface area contributed by atoms with Crippen LogP contribution in [-0.2, 0) is 29.2 Å². The number of pyridine rings is 2. The summed E-state index contributed by atoms with van der Waals surface area (Å²) in [6.45, 7) is 5.02. The smallest absolute Gasteiger partial charge is 0.340 e. The maximum absolute atomic E-state index is 13.2. The summed E-state index contributed by atoms with van der Waals surface area (Å²) in [6, 6.07) is 7.04. The van der Waals surface area contributed by atoms with Crippen LogP contribution in [0, 0.1) is 0 Å². The van der Waals surface area contributed by atoms with Gasteiger partial charge in [-0.05, 0) is 50.7 Å². The maximum Gasteiger partial charge on any atom is 0.340 e. The minimum Gasteiger partial charge on any atom is -0.508 e. The Labute approximate surface area is 178 Å². The van der Waals surface area contributed by atoms with E-state index in [0.29, 0.717) is 41.6 Å². The zero-order valence-corrected chi connectivity index (χ0v) is 17.5. The van der Waals surface area contributed by atoms with Crippen LogP contribution in [0.15, 0.2) is 29.1 Å². The molecule has 0 amide bonds. The van der Waals surface area contributed by atoms with Crippen molar-refractivity contribution in [3.63, 3.8) is 0 Å². The van der Waals surface area contributed by atoms with Crippen LogP contribution in [0.4, 0.5) is 0 Å². The van der Waals surface area contributed by atoms with Gasteiger partial charge in [-0.1, -0.05) is 0 Å². The average Bonchev–Trinajstić information content (AvgIpc) is 3.10. The number of cyclic esters (lactones) is 1. The van der Waals surface area contributed by atoms with Gasteiger partial charge in [-0.15, -0.1) is 0 Å². The number of aromatic hydroxyl groups is 1. The van der Waals surface area contributed by atoms with Crippen molar-refractivity contribution in [1.29, 1.82) is 0 Å². The molecule has 1 atom stereocenters. The Morgan fingerprint density at radius 2 is 2.03 bits per heavy atom. The fourth-order valence-corrected chi connectivity index (χ4v) is 4.31. The van der Waals surface area contributed by atoms with Gasteiger partial charge in [-0.25, -0.2) is 9.78 Å². The first-order valence-corrected chi connectivity index (χ1v) is 10.2. The summed E-state index contributed by atoms with van der Waals surface area (Å²) in [5.41, 5.74) is 4.16. The number of aliphatic hydroxyl groups excluding tert-OH is 1. The molecule has 2 aliphatic heterocycles. The zero-order valence-electron chi connectivity index (χ0n) is 17.5. The standard InChI is InChI=1S/C23H23N3O5/c1-11(2)25(3)8-15-13-6-12(27)4-5-18(13)24-20-16(15)9-26-19(20)7-14-17(22(26)29)10-31-23(30)21(14)28/h4-7,11,21,27-28H,8-10H2,1-3H3/t21-/m0/s1. The molecule has 0 fully saturated rings. The van der Waals surface area contributed by atoms with Crippen molar-refractivity contribution in [3.8, 4) is 17.1 Å². The summed E-state index contributed by atoms with van der Waals surface area (Å²) in [7, 11) is 2.03. The number of hydrogen-bond acceptors (Lipinski definition) is 7. The molecule has 5 rings (SSSR count). The van der Waals surface area contributed by atoms with Crippen molar-refractivity contribution in [2.45, 2.75) is 45.7 Å². The quantitative estimate of drug-likeness (QED) is 0.488. The molecule has 2 aromatic heterocycles. The molecule has 3 aromatic rings. The number of esters is 1. The number of phenols is 1. The van der Waals surface area contributed by atoms with E-state index in [1.54, 1.807) is 28.8 Å². The van der Waals surface area contributed by atoms with Crippen LogP contribution in [-0.4, -0.2) is 43.7 Å². The topological polar surface area (TPSA) is 105 Å². The lowest BCUT2D eigenvalue weighted by Gasteiger charge is -2.23. The summed E-state index contributed by atoms with van der Waals surface area (Å²) >= 11 is 0. The van der Waals surface area contributed by atoms with E-state index >= 15 is 0 Å². The number of phenolic OH excluding ortho intramolecular Hbond substituents is 1. The number of aromatic nitrogens is 2. The van der Waals surface area contributed by atoms with Crippen molar-refractivity contribution in [3.05, 3.63) is 56.9 Å². The van der Waals surface area contributed by atoms with Crippen molar-refractivity contribution >= 4 is 16.9 Å². The number of nitrogens with zero attached hydrogens (tertiary/aromatic N) is 3. The number of rotatable bonds is 3. The van der Waals surface area contributed by atoms with E-state index in [9.17, 15) is 19.8 Å². The molecule has 0 bridgehead atoms. The first kappa shape index (κ1) is 19.7. The molecular formula is C23H23N3O5. The third-order valence-electron chi connectivity index (χ3n) is 6.35. The van der Waals surface area contributed by atoms with Crippen LogP contribution in [0.3, 0.4) is 0 Å². The molecule has 8 nitrogen and oxygen atoms in total. The van der Waals surface area contributed by atoms with Gasteiger partial charge in [0.1, 0.15) is 12.4 Å². The molecule has 0 unspecified atom stereocenters. The average molecular weight is 421 g/mol. The molecule has 2 aliphatic rings. The van der Waals surface area contributed by atoms with Crippen LogP contribution < -0.4 is 5.56 Å². The SMILES string of the molecule is CC(C)N(C)Cc1c2c(nc3ccc(O)cc13)-c1cc3c(c(=O)n1C2)COC(=O)[C@H]3O. The van der Waals surface area contributed by atoms with Gasteiger partial charge in [-0.3, -0.25) is 9.69 Å². The fourth-order valence-electron chi connectivity index (χ4n) is 4.31. The van der Waals surface area contributed by atoms with Crippen LogP contribution >= 0.6 is 0 Å².